The van der Waals surface area contributed by atoms with Gasteiger partial charge in [-0.15, -0.1) is 0 Å². The Morgan fingerprint density at radius 1 is 0.708 bits per heavy atom. The van der Waals surface area contributed by atoms with Gasteiger partial charge >= 0.3 is 0 Å². The van der Waals surface area contributed by atoms with E-state index in [-0.39, 0.29) is 11.1 Å². The van der Waals surface area contributed by atoms with Crippen LogP contribution in [-0.4, -0.2) is 0 Å². The van der Waals surface area contributed by atoms with Gasteiger partial charge in [0.1, 0.15) is 11.6 Å². The van der Waals surface area contributed by atoms with E-state index in [0.29, 0.717) is 22.3 Å². The zero-order chi connectivity index (χ0) is 17.1. The monoisotopic (exact) mass is 316 g/mol. The lowest BCUT2D eigenvalue weighted by molar-refractivity contribution is 0.592. The van der Waals surface area contributed by atoms with Crippen molar-refractivity contribution in [2.45, 2.75) is 0 Å². The third-order valence-corrected chi connectivity index (χ3v) is 3.67. The third-order valence-electron chi connectivity index (χ3n) is 3.67. The van der Waals surface area contributed by atoms with Crippen LogP contribution in [0.1, 0.15) is 11.1 Å². The molecule has 24 heavy (non-hydrogen) atoms. The normalized spacial score (nSPS) is 10.0. The Hall–Kier alpha value is -3.50. The van der Waals surface area contributed by atoms with Crippen LogP contribution >= 0.6 is 0 Å². The van der Waals surface area contributed by atoms with Gasteiger partial charge in [-0.3, -0.25) is 0 Å². The first kappa shape index (κ1) is 15.4. The summed E-state index contributed by atoms with van der Waals surface area (Å²) in [5, 5.41) is 17.9. The SMILES string of the molecule is N#Cc1cccc(-c2ccc(F)c(-c3cccc(C#N)c3)c2F)c1. The van der Waals surface area contributed by atoms with Gasteiger partial charge in [0.05, 0.1) is 28.8 Å². The molecular formula is C20H10F2N2. The molecule has 0 N–H and O–H groups in total. The third kappa shape index (κ3) is 2.74. The quantitative estimate of drug-likeness (QED) is 0.665. The van der Waals surface area contributed by atoms with E-state index in [1.165, 1.54) is 18.2 Å². The second-order valence-electron chi connectivity index (χ2n) is 5.17. The van der Waals surface area contributed by atoms with E-state index in [1.54, 1.807) is 42.5 Å². The van der Waals surface area contributed by atoms with Crippen LogP contribution < -0.4 is 0 Å². The van der Waals surface area contributed by atoms with Gasteiger partial charge in [0.15, 0.2) is 0 Å². The van der Waals surface area contributed by atoms with Gasteiger partial charge in [0.2, 0.25) is 0 Å². The van der Waals surface area contributed by atoms with Gasteiger partial charge in [0, 0.05) is 5.56 Å². The maximum atomic E-state index is 15.0. The van der Waals surface area contributed by atoms with Crippen LogP contribution in [0.25, 0.3) is 22.3 Å². The van der Waals surface area contributed by atoms with Crippen LogP contribution in [0.5, 0.6) is 0 Å². The van der Waals surface area contributed by atoms with Crippen LogP contribution in [0.4, 0.5) is 8.78 Å². The first-order valence-electron chi connectivity index (χ1n) is 7.13. The molecule has 0 heterocycles. The van der Waals surface area contributed by atoms with E-state index in [9.17, 15) is 8.78 Å². The maximum Gasteiger partial charge on any atom is 0.141 e. The van der Waals surface area contributed by atoms with E-state index < -0.39 is 11.6 Å². The lowest BCUT2D eigenvalue weighted by atomic mass is 9.96. The summed E-state index contributed by atoms with van der Waals surface area (Å²) < 4.78 is 29.2. The summed E-state index contributed by atoms with van der Waals surface area (Å²) in [5.41, 5.74) is 1.51. The molecule has 0 spiro atoms. The molecule has 114 valence electrons. The maximum absolute atomic E-state index is 15.0. The molecule has 0 saturated carbocycles. The van der Waals surface area contributed by atoms with Crippen molar-refractivity contribution >= 4 is 0 Å². The standard InChI is InChI=1S/C20H10F2N2/c21-18-8-7-17(15-5-1-3-13(9-15)11-23)20(22)19(18)16-6-2-4-14(10-16)12-24/h1-10H. The number of halogens is 2. The summed E-state index contributed by atoms with van der Waals surface area (Å²) in [6.45, 7) is 0. The van der Waals surface area contributed by atoms with Crippen LogP contribution in [-0.2, 0) is 0 Å². The van der Waals surface area contributed by atoms with Gasteiger partial charge in [-0.2, -0.15) is 10.5 Å². The minimum atomic E-state index is -0.722. The predicted octanol–water partition coefficient (Wildman–Crippen LogP) is 5.04. The molecule has 4 heteroatoms. The molecule has 0 bridgehead atoms. The zero-order valence-electron chi connectivity index (χ0n) is 12.4. The molecule has 0 aliphatic carbocycles. The molecule has 0 saturated heterocycles. The Labute approximate surface area is 137 Å². The highest BCUT2D eigenvalue weighted by atomic mass is 19.1. The van der Waals surface area contributed by atoms with Crippen LogP contribution in [0.3, 0.4) is 0 Å². The number of nitriles is 2. The molecule has 0 aliphatic rings. The minimum Gasteiger partial charge on any atom is -0.206 e. The Bertz CT molecular complexity index is 1010. The second-order valence-corrected chi connectivity index (χ2v) is 5.17. The van der Waals surface area contributed by atoms with Gasteiger partial charge in [0.25, 0.3) is 0 Å². The van der Waals surface area contributed by atoms with Crippen LogP contribution in [0.15, 0.2) is 60.7 Å². The first-order valence-corrected chi connectivity index (χ1v) is 7.13. The average Bonchev–Trinajstić information content (AvgIpc) is 2.62. The Balaban J connectivity index is 2.22. The van der Waals surface area contributed by atoms with Crippen molar-refractivity contribution in [2.75, 3.05) is 0 Å². The molecule has 0 unspecified atom stereocenters. The van der Waals surface area contributed by atoms with Crippen molar-refractivity contribution in [3.8, 4) is 34.4 Å². The summed E-state index contributed by atoms with van der Waals surface area (Å²) in [7, 11) is 0. The molecule has 3 rings (SSSR count). The molecule has 0 radical (unpaired) electrons. The van der Waals surface area contributed by atoms with Crippen molar-refractivity contribution in [1.29, 1.82) is 10.5 Å². The zero-order valence-corrected chi connectivity index (χ0v) is 12.4. The lowest BCUT2D eigenvalue weighted by Crippen LogP contribution is -1.95. The fourth-order valence-corrected chi connectivity index (χ4v) is 2.54. The number of hydrogen-bond donors (Lipinski definition) is 0. The van der Waals surface area contributed by atoms with Gasteiger partial charge in [-0.05, 0) is 47.5 Å². The molecular weight excluding hydrogens is 306 g/mol. The summed E-state index contributed by atoms with van der Waals surface area (Å²) in [4.78, 5) is 0. The fraction of sp³-hybridized carbons (Fsp3) is 0. The number of benzene rings is 3. The van der Waals surface area contributed by atoms with E-state index in [0.717, 1.165) is 0 Å². The van der Waals surface area contributed by atoms with E-state index >= 15 is 0 Å². The molecule has 0 atom stereocenters. The predicted molar refractivity (Wildman–Crippen MR) is 86.7 cm³/mol. The van der Waals surface area contributed by atoms with Crippen LogP contribution in [0, 0.1) is 34.3 Å². The van der Waals surface area contributed by atoms with Gasteiger partial charge in [-0.25, -0.2) is 8.78 Å². The summed E-state index contributed by atoms with van der Waals surface area (Å²) in [6, 6.07) is 19.1. The fourth-order valence-electron chi connectivity index (χ4n) is 2.54. The summed E-state index contributed by atoms with van der Waals surface area (Å²) >= 11 is 0. The van der Waals surface area contributed by atoms with Gasteiger partial charge < -0.3 is 0 Å². The smallest absolute Gasteiger partial charge is 0.141 e. The van der Waals surface area contributed by atoms with E-state index in [1.807, 2.05) is 12.1 Å². The second kappa shape index (κ2) is 6.32. The largest absolute Gasteiger partial charge is 0.206 e. The minimum absolute atomic E-state index is 0.188. The molecule has 0 aliphatic heterocycles. The van der Waals surface area contributed by atoms with Crippen LogP contribution in [0.2, 0.25) is 0 Å². The Kier molecular flexibility index (Phi) is 4.05. The highest BCUT2D eigenvalue weighted by Gasteiger charge is 2.17. The van der Waals surface area contributed by atoms with Crippen molar-refractivity contribution in [3.05, 3.63) is 83.4 Å². The molecule has 0 amide bonds. The Morgan fingerprint density at radius 2 is 1.29 bits per heavy atom. The van der Waals surface area contributed by atoms with E-state index in [2.05, 4.69) is 0 Å². The summed E-state index contributed by atoms with van der Waals surface area (Å²) in [6.07, 6.45) is 0. The molecule has 2 nitrogen and oxygen atoms in total. The van der Waals surface area contributed by atoms with E-state index in [4.69, 9.17) is 10.5 Å². The van der Waals surface area contributed by atoms with Crippen molar-refractivity contribution in [3.63, 3.8) is 0 Å². The topological polar surface area (TPSA) is 47.6 Å². The van der Waals surface area contributed by atoms with Crippen molar-refractivity contribution < 1.29 is 8.78 Å². The molecule has 0 fully saturated rings. The number of rotatable bonds is 2. The highest BCUT2D eigenvalue weighted by molar-refractivity contribution is 5.75. The number of hydrogen-bond acceptors (Lipinski definition) is 2. The average molecular weight is 316 g/mol. The summed E-state index contributed by atoms with van der Waals surface area (Å²) in [5.74, 6) is -1.43. The highest BCUT2D eigenvalue weighted by Crippen LogP contribution is 2.33. The molecule has 0 aromatic heterocycles. The number of nitrogens with zero attached hydrogens (tertiary/aromatic N) is 2. The first-order chi connectivity index (χ1) is 11.6. The Morgan fingerprint density at radius 3 is 1.92 bits per heavy atom. The molecule has 3 aromatic rings. The lowest BCUT2D eigenvalue weighted by Gasteiger charge is -2.11. The van der Waals surface area contributed by atoms with Crippen molar-refractivity contribution in [1.82, 2.24) is 0 Å². The van der Waals surface area contributed by atoms with Gasteiger partial charge in [-0.1, -0.05) is 24.3 Å². The molecule has 3 aromatic carbocycles. The van der Waals surface area contributed by atoms with Crippen molar-refractivity contribution in [2.24, 2.45) is 0 Å².